The molecule has 0 fully saturated rings. The van der Waals surface area contributed by atoms with Crippen molar-refractivity contribution in [1.29, 1.82) is 0 Å². The minimum atomic E-state index is -0.900. The smallest absolute Gasteiger partial charge is 0.303 e. The van der Waals surface area contributed by atoms with Gasteiger partial charge in [0, 0.05) is 0 Å². The predicted octanol–water partition coefficient (Wildman–Crippen LogP) is 3.02. The summed E-state index contributed by atoms with van der Waals surface area (Å²) in [5.41, 5.74) is 2.37. The summed E-state index contributed by atoms with van der Waals surface area (Å²) in [5.74, 6) is -1.50. The van der Waals surface area contributed by atoms with Crippen LogP contribution in [0.4, 0.5) is 4.39 Å². The highest BCUT2D eigenvalue weighted by atomic mass is 19.1. The molecule has 0 aliphatic carbocycles. The fourth-order valence-corrected chi connectivity index (χ4v) is 1.77. The van der Waals surface area contributed by atoms with Gasteiger partial charge in [0.2, 0.25) is 0 Å². The van der Waals surface area contributed by atoms with Gasteiger partial charge in [-0.25, -0.2) is 4.39 Å². The molecule has 1 unspecified atom stereocenters. The number of halogens is 1. The van der Waals surface area contributed by atoms with Crippen molar-refractivity contribution in [2.75, 3.05) is 0 Å². The molecule has 0 aliphatic heterocycles. The zero-order valence-corrected chi connectivity index (χ0v) is 9.17. The van der Waals surface area contributed by atoms with Gasteiger partial charge < -0.3 is 5.11 Å². The molecule has 0 aromatic heterocycles. The van der Waals surface area contributed by atoms with Gasteiger partial charge in [-0.15, -0.1) is 0 Å². The molecule has 1 rings (SSSR count). The lowest BCUT2D eigenvalue weighted by atomic mass is 9.91. The first-order valence-corrected chi connectivity index (χ1v) is 4.91. The summed E-state index contributed by atoms with van der Waals surface area (Å²) in [4.78, 5) is 10.6. The topological polar surface area (TPSA) is 37.3 Å². The molecule has 2 nitrogen and oxygen atoms in total. The number of aryl methyl sites for hydroxylation is 1. The van der Waals surface area contributed by atoms with E-state index in [4.69, 9.17) is 5.11 Å². The van der Waals surface area contributed by atoms with Gasteiger partial charge in [0.05, 0.1) is 6.42 Å². The number of benzene rings is 1. The summed E-state index contributed by atoms with van der Waals surface area (Å²) in [6.45, 7) is 5.46. The maximum atomic E-state index is 13.5. The zero-order chi connectivity index (χ0) is 11.6. The molecule has 82 valence electrons. The molecule has 15 heavy (non-hydrogen) atoms. The zero-order valence-electron chi connectivity index (χ0n) is 9.17. The molecule has 0 saturated heterocycles. The van der Waals surface area contributed by atoms with Gasteiger partial charge in [0.25, 0.3) is 0 Å². The fraction of sp³-hybridized carbons (Fsp3) is 0.417. The van der Waals surface area contributed by atoms with Crippen molar-refractivity contribution in [3.05, 3.63) is 34.6 Å². The SMILES string of the molecule is Cc1ccc(F)c(C(C)CC(=O)O)c1C. The summed E-state index contributed by atoms with van der Waals surface area (Å²) in [6, 6.07) is 3.11. The van der Waals surface area contributed by atoms with E-state index in [2.05, 4.69) is 0 Å². The summed E-state index contributed by atoms with van der Waals surface area (Å²) in [5, 5.41) is 8.67. The Labute approximate surface area is 88.7 Å². The summed E-state index contributed by atoms with van der Waals surface area (Å²) >= 11 is 0. The number of carboxylic acid groups (broad SMARTS) is 1. The van der Waals surface area contributed by atoms with Crippen molar-refractivity contribution < 1.29 is 14.3 Å². The van der Waals surface area contributed by atoms with Gasteiger partial charge in [-0.1, -0.05) is 13.0 Å². The molecule has 0 heterocycles. The van der Waals surface area contributed by atoms with Crippen molar-refractivity contribution >= 4 is 5.97 Å². The highest BCUT2D eigenvalue weighted by Gasteiger charge is 2.17. The third-order valence-corrected chi connectivity index (χ3v) is 2.71. The Bertz CT molecular complexity index is 385. The number of hydrogen-bond acceptors (Lipinski definition) is 1. The Hall–Kier alpha value is -1.38. The Morgan fingerprint density at radius 1 is 1.47 bits per heavy atom. The monoisotopic (exact) mass is 210 g/mol. The molecule has 1 aromatic carbocycles. The molecule has 0 aliphatic rings. The molecule has 0 spiro atoms. The number of hydrogen-bond donors (Lipinski definition) is 1. The molecule has 1 N–H and O–H groups in total. The van der Waals surface area contributed by atoms with Crippen molar-refractivity contribution in [2.45, 2.75) is 33.1 Å². The molecule has 0 radical (unpaired) electrons. The lowest BCUT2D eigenvalue weighted by molar-refractivity contribution is -0.137. The van der Waals surface area contributed by atoms with Gasteiger partial charge in [0.15, 0.2) is 0 Å². The van der Waals surface area contributed by atoms with Gasteiger partial charge in [0.1, 0.15) is 5.82 Å². The quantitative estimate of drug-likeness (QED) is 0.832. The molecule has 0 amide bonds. The van der Waals surface area contributed by atoms with Crippen LogP contribution in [-0.4, -0.2) is 11.1 Å². The largest absolute Gasteiger partial charge is 0.481 e. The second-order valence-electron chi connectivity index (χ2n) is 3.90. The first-order chi connectivity index (χ1) is 6.93. The second-order valence-corrected chi connectivity index (χ2v) is 3.90. The van der Waals surface area contributed by atoms with E-state index < -0.39 is 5.97 Å². The molecule has 0 saturated carbocycles. The van der Waals surface area contributed by atoms with Crippen LogP contribution >= 0.6 is 0 Å². The average Bonchev–Trinajstić information content (AvgIpc) is 2.11. The van der Waals surface area contributed by atoms with E-state index in [0.717, 1.165) is 11.1 Å². The standard InChI is InChI=1S/C12H15FO2/c1-7-4-5-10(13)12(9(7)3)8(2)6-11(14)15/h4-5,8H,6H2,1-3H3,(H,14,15). The third kappa shape index (κ3) is 2.55. The first-order valence-electron chi connectivity index (χ1n) is 4.91. The minimum absolute atomic E-state index is 0.0405. The Morgan fingerprint density at radius 2 is 2.07 bits per heavy atom. The van der Waals surface area contributed by atoms with Crippen LogP contribution in [-0.2, 0) is 4.79 Å². The van der Waals surface area contributed by atoms with Crippen LogP contribution < -0.4 is 0 Å². The van der Waals surface area contributed by atoms with Crippen LogP contribution in [0.1, 0.15) is 36.0 Å². The van der Waals surface area contributed by atoms with E-state index in [0.29, 0.717) is 5.56 Å². The van der Waals surface area contributed by atoms with E-state index in [1.165, 1.54) is 6.07 Å². The Kier molecular flexibility index (Phi) is 3.45. The van der Waals surface area contributed by atoms with E-state index in [1.54, 1.807) is 13.0 Å². The van der Waals surface area contributed by atoms with Crippen LogP contribution in [0.15, 0.2) is 12.1 Å². The third-order valence-electron chi connectivity index (χ3n) is 2.71. The maximum Gasteiger partial charge on any atom is 0.303 e. The Balaban J connectivity index is 3.12. The molecule has 1 atom stereocenters. The fourth-order valence-electron chi connectivity index (χ4n) is 1.77. The number of aliphatic carboxylic acids is 1. The second kappa shape index (κ2) is 4.43. The van der Waals surface area contributed by atoms with Crippen molar-refractivity contribution in [2.24, 2.45) is 0 Å². The van der Waals surface area contributed by atoms with E-state index in [-0.39, 0.29) is 18.2 Å². The van der Waals surface area contributed by atoms with E-state index in [1.807, 2.05) is 13.8 Å². The minimum Gasteiger partial charge on any atom is -0.481 e. The van der Waals surface area contributed by atoms with Gasteiger partial charge in [-0.3, -0.25) is 4.79 Å². The highest BCUT2D eigenvalue weighted by molar-refractivity contribution is 5.68. The van der Waals surface area contributed by atoms with Crippen LogP contribution in [0, 0.1) is 19.7 Å². The first kappa shape index (κ1) is 11.7. The van der Waals surface area contributed by atoms with Crippen LogP contribution in [0.5, 0.6) is 0 Å². The van der Waals surface area contributed by atoms with Crippen molar-refractivity contribution in [1.82, 2.24) is 0 Å². The number of carboxylic acids is 1. The summed E-state index contributed by atoms with van der Waals surface area (Å²) < 4.78 is 13.5. The predicted molar refractivity (Wildman–Crippen MR) is 56.5 cm³/mol. The van der Waals surface area contributed by atoms with Gasteiger partial charge >= 0.3 is 5.97 Å². The lowest BCUT2D eigenvalue weighted by Gasteiger charge is -2.15. The summed E-state index contributed by atoms with van der Waals surface area (Å²) in [7, 11) is 0. The number of carbonyl (C=O) groups is 1. The maximum absolute atomic E-state index is 13.5. The lowest BCUT2D eigenvalue weighted by Crippen LogP contribution is -2.07. The number of rotatable bonds is 3. The normalized spacial score (nSPS) is 12.5. The Morgan fingerprint density at radius 3 is 2.60 bits per heavy atom. The van der Waals surface area contributed by atoms with Gasteiger partial charge in [-0.2, -0.15) is 0 Å². The average molecular weight is 210 g/mol. The van der Waals surface area contributed by atoms with Gasteiger partial charge in [-0.05, 0) is 42.5 Å². The van der Waals surface area contributed by atoms with Crippen LogP contribution in [0.2, 0.25) is 0 Å². The van der Waals surface area contributed by atoms with E-state index >= 15 is 0 Å². The molecular weight excluding hydrogens is 195 g/mol. The molecule has 0 bridgehead atoms. The van der Waals surface area contributed by atoms with Crippen molar-refractivity contribution in [3.8, 4) is 0 Å². The molecule has 3 heteroatoms. The van der Waals surface area contributed by atoms with Crippen LogP contribution in [0.3, 0.4) is 0 Å². The summed E-state index contributed by atoms with van der Waals surface area (Å²) in [6.07, 6.45) is -0.0405. The van der Waals surface area contributed by atoms with E-state index in [9.17, 15) is 9.18 Å². The highest BCUT2D eigenvalue weighted by Crippen LogP contribution is 2.27. The van der Waals surface area contributed by atoms with Crippen molar-refractivity contribution in [3.63, 3.8) is 0 Å². The molecular formula is C12H15FO2. The molecule has 1 aromatic rings. The van der Waals surface area contributed by atoms with Crippen LogP contribution in [0.25, 0.3) is 0 Å².